The number of benzene rings is 9. The third-order valence-corrected chi connectivity index (χ3v) is 10.4. The number of para-hydroxylation sites is 3. The Labute approximate surface area is 303 Å². The van der Waals surface area contributed by atoms with Crippen molar-refractivity contribution in [3.05, 3.63) is 206 Å². The Bertz CT molecular complexity index is 2850. The van der Waals surface area contributed by atoms with E-state index < -0.39 is 0 Å². The monoisotopic (exact) mass is 662 g/mol. The van der Waals surface area contributed by atoms with Crippen LogP contribution in [0.4, 0.5) is 17.1 Å². The molecule has 0 radical (unpaired) electrons. The molecule has 0 N–H and O–H groups in total. The lowest BCUT2D eigenvalue weighted by Crippen LogP contribution is -2.11. The van der Waals surface area contributed by atoms with Crippen LogP contribution < -0.4 is 4.90 Å². The van der Waals surface area contributed by atoms with E-state index >= 15 is 0 Å². The van der Waals surface area contributed by atoms with Crippen LogP contribution in [-0.2, 0) is 0 Å². The van der Waals surface area contributed by atoms with Gasteiger partial charge in [0.15, 0.2) is 0 Å². The maximum Gasteiger partial charge on any atom is 0.0547 e. The summed E-state index contributed by atoms with van der Waals surface area (Å²) in [5.41, 5.74) is 11.7. The summed E-state index contributed by atoms with van der Waals surface area (Å²) in [7, 11) is 0. The van der Waals surface area contributed by atoms with Gasteiger partial charge < -0.3 is 9.47 Å². The van der Waals surface area contributed by atoms with E-state index in [9.17, 15) is 0 Å². The third kappa shape index (κ3) is 4.96. The molecule has 0 aliphatic carbocycles. The van der Waals surface area contributed by atoms with E-state index in [0.717, 1.165) is 17.1 Å². The summed E-state index contributed by atoms with van der Waals surface area (Å²) in [6.45, 7) is 0. The van der Waals surface area contributed by atoms with Crippen molar-refractivity contribution in [3.63, 3.8) is 0 Å². The molecule has 2 heteroatoms. The predicted octanol–water partition coefficient (Wildman–Crippen LogP) is 13.9. The molecule has 0 amide bonds. The molecule has 0 saturated carbocycles. The van der Waals surface area contributed by atoms with Crippen molar-refractivity contribution >= 4 is 60.4 Å². The van der Waals surface area contributed by atoms with E-state index in [0.29, 0.717) is 0 Å². The Morgan fingerprint density at radius 1 is 0.346 bits per heavy atom. The smallest absolute Gasteiger partial charge is 0.0547 e. The number of fused-ring (bicyclic) bond motifs is 5. The summed E-state index contributed by atoms with van der Waals surface area (Å²) in [4.78, 5) is 2.40. The Morgan fingerprint density at radius 2 is 0.904 bits per heavy atom. The van der Waals surface area contributed by atoms with Crippen molar-refractivity contribution in [2.45, 2.75) is 0 Å². The highest BCUT2D eigenvalue weighted by molar-refractivity contribution is 6.11. The van der Waals surface area contributed by atoms with Gasteiger partial charge in [0.2, 0.25) is 0 Å². The number of rotatable bonds is 6. The van der Waals surface area contributed by atoms with Gasteiger partial charge in [-0.15, -0.1) is 0 Å². The summed E-state index contributed by atoms with van der Waals surface area (Å²) in [5, 5.41) is 7.42. The molecule has 0 saturated heterocycles. The largest absolute Gasteiger partial charge is 0.310 e. The number of aromatic nitrogens is 1. The number of anilines is 3. The molecule has 0 atom stereocenters. The molecule has 2 nitrogen and oxygen atoms in total. The Balaban J connectivity index is 1.19. The Kier molecular flexibility index (Phi) is 7.18. The molecule has 0 fully saturated rings. The van der Waals surface area contributed by atoms with Gasteiger partial charge in [-0.3, -0.25) is 0 Å². The first-order valence-corrected chi connectivity index (χ1v) is 17.9. The first-order chi connectivity index (χ1) is 25.8. The third-order valence-electron chi connectivity index (χ3n) is 10.4. The van der Waals surface area contributed by atoms with Gasteiger partial charge in [0.25, 0.3) is 0 Å². The standard InChI is InChI=1S/C50H34N2/c1-2-15-36(16-3-1)42-19-8-11-23-46(42)51(41-32-26-35-14-4-5-18-39(35)34-41)40-30-27-38(28-31-40)50-43-20-7-6-17-37(43)29-33-49(50)52-47-24-12-9-21-44(47)45-22-10-13-25-48(45)52/h1-34H. The van der Waals surface area contributed by atoms with Crippen LogP contribution in [0, 0.1) is 0 Å². The molecular formula is C50H34N2. The number of hydrogen-bond donors (Lipinski definition) is 0. The zero-order valence-electron chi connectivity index (χ0n) is 28.5. The van der Waals surface area contributed by atoms with Gasteiger partial charge in [-0.2, -0.15) is 0 Å². The maximum atomic E-state index is 2.44. The second-order valence-electron chi connectivity index (χ2n) is 13.3. The lowest BCUT2D eigenvalue weighted by molar-refractivity contribution is 1.19. The molecule has 0 aliphatic rings. The quantitative estimate of drug-likeness (QED) is 0.172. The first kappa shape index (κ1) is 30.0. The van der Waals surface area contributed by atoms with Crippen LogP contribution in [0.5, 0.6) is 0 Å². The summed E-state index contributed by atoms with van der Waals surface area (Å²) in [6, 6.07) is 74.7. The zero-order valence-corrected chi connectivity index (χ0v) is 28.5. The van der Waals surface area contributed by atoms with Crippen molar-refractivity contribution < 1.29 is 0 Å². The van der Waals surface area contributed by atoms with Gasteiger partial charge >= 0.3 is 0 Å². The molecule has 0 unspecified atom stereocenters. The van der Waals surface area contributed by atoms with Crippen LogP contribution in [-0.4, -0.2) is 4.57 Å². The number of nitrogens with zero attached hydrogens (tertiary/aromatic N) is 2. The molecule has 244 valence electrons. The SMILES string of the molecule is c1ccc(-c2ccccc2N(c2ccc(-c3c(-n4c5ccccc5c5ccccc54)ccc4ccccc34)cc2)c2ccc3ccccc3c2)cc1. The summed E-state index contributed by atoms with van der Waals surface area (Å²) in [5.74, 6) is 0. The average molecular weight is 663 g/mol. The second-order valence-corrected chi connectivity index (χ2v) is 13.3. The Morgan fingerprint density at radius 3 is 1.65 bits per heavy atom. The molecule has 9 aromatic carbocycles. The summed E-state index contributed by atoms with van der Waals surface area (Å²) in [6.07, 6.45) is 0. The molecule has 0 bridgehead atoms. The minimum atomic E-state index is 1.10. The van der Waals surface area contributed by atoms with Gasteiger partial charge in [0.05, 0.1) is 22.4 Å². The van der Waals surface area contributed by atoms with E-state index in [1.54, 1.807) is 0 Å². The molecule has 10 aromatic rings. The second kappa shape index (κ2) is 12.5. The van der Waals surface area contributed by atoms with E-state index in [1.165, 1.54) is 71.3 Å². The van der Waals surface area contributed by atoms with Crippen LogP contribution in [0.15, 0.2) is 206 Å². The zero-order chi connectivity index (χ0) is 34.4. The van der Waals surface area contributed by atoms with Gasteiger partial charge in [0, 0.05) is 33.3 Å². The maximum absolute atomic E-state index is 2.44. The fourth-order valence-electron chi connectivity index (χ4n) is 7.98. The topological polar surface area (TPSA) is 8.17 Å². The van der Waals surface area contributed by atoms with Crippen molar-refractivity contribution in [3.8, 4) is 27.9 Å². The molecule has 52 heavy (non-hydrogen) atoms. The van der Waals surface area contributed by atoms with E-state index in [4.69, 9.17) is 0 Å². The minimum Gasteiger partial charge on any atom is -0.310 e. The van der Waals surface area contributed by atoms with Crippen LogP contribution in [0.25, 0.3) is 71.3 Å². The molecular weight excluding hydrogens is 629 g/mol. The predicted molar refractivity (Wildman–Crippen MR) is 221 cm³/mol. The molecule has 0 aliphatic heterocycles. The van der Waals surface area contributed by atoms with Crippen molar-refractivity contribution in [2.24, 2.45) is 0 Å². The highest BCUT2D eigenvalue weighted by Gasteiger charge is 2.20. The minimum absolute atomic E-state index is 1.10. The van der Waals surface area contributed by atoms with Gasteiger partial charge in [0.1, 0.15) is 0 Å². The van der Waals surface area contributed by atoms with E-state index in [2.05, 4.69) is 216 Å². The normalized spacial score (nSPS) is 11.5. The number of hydrogen-bond acceptors (Lipinski definition) is 1. The fourth-order valence-corrected chi connectivity index (χ4v) is 7.98. The fraction of sp³-hybridized carbons (Fsp3) is 0. The lowest BCUT2D eigenvalue weighted by atomic mass is 9.95. The van der Waals surface area contributed by atoms with Crippen molar-refractivity contribution in [1.82, 2.24) is 4.57 Å². The van der Waals surface area contributed by atoms with Crippen LogP contribution in [0.3, 0.4) is 0 Å². The Hall–Kier alpha value is -6.90. The highest BCUT2D eigenvalue weighted by Crippen LogP contribution is 2.44. The molecule has 10 rings (SSSR count). The average Bonchev–Trinajstić information content (AvgIpc) is 3.55. The molecule has 1 aromatic heterocycles. The van der Waals surface area contributed by atoms with Crippen molar-refractivity contribution in [1.29, 1.82) is 0 Å². The van der Waals surface area contributed by atoms with Crippen LogP contribution in [0.2, 0.25) is 0 Å². The molecule has 1 heterocycles. The highest BCUT2D eigenvalue weighted by atomic mass is 15.1. The van der Waals surface area contributed by atoms with Gasteiger partial charge in [-0.25, -0.2) is 0 Å². The van der Waals surface area contributed by atoms with Crippen molar-refractivity contribution in [2.75, 3.05) is 4.90 Å². The lowest BCUT2D eigenvalue weighted by Gasteiger charge is -2.28. The van der Waals surface area contributed by atoms with Crippen LogP contribution in [0.1, 0.15) is 0 Å². The van der Waals surface area contributed by atoms with Gasteiger partial charge in [-0.1, -0.05) is 158 Å². The first-order valence-electron chi connectivity index (χ1n) is 17.9. The molecule has 0 spiro atoms. The van der Waals surface area contributed by atoms with Crippen LogP contribution >= 0.6 is 0 Å². The summed E-state index contributed by atoms with van der Waals surface area (Å²) < 4.78 is 2.44. The van der Waals surface area contributed by atoms with E-state index in [-0.39, 0.29) is 0 Å². The van der Waals surface area contributed by atoms with E-state index in [1.807, 2.05) is 0 Å². The van der Waals surface area contributed by atoms with Gasteiger partial charge in [-0.05, 0) is 81.2 Å². The summed E-state index contributed by atoms with van der Waals surface area (Å²) >= 11 is 0.